The zero-order valence-electron chi connectivity index (χ0n) is 17.5. The summed E-state index contributed by atoms with van der Waals surface area (Å²) in [5.74, 6) is 1.49. The van der Waals surface area contributed by atoms with Gasteiger partial charge in [0.25, 0.3) is 0 Å². The summed E-state index contributed by atoms with van der Waals surface area (Å²) in [5.41, 5.74) is 1.25. The molecule has 2 N–H and O–H groups in total. The lowest BCUT2D eigenvalue weighted by Crippen LogP contribution is -2.39. The predicted octanol–water partition coefficient (Wildman–Crippen LogP) is 4.52. The summed E-state index contributed by atoms with van der Waals surface area (Å²) in [6, 6.07) is 15.2. The van der Waals surface area contributed by atoms with Gasteiger partial charge >= 0.3 is 0 Å². The fourth-order valence-electron chi connectivity index (χ4n) is 3.50. The van der Waals surface area contributed by atoms with Crippen LogP contribution in [-0.4, -0.2) is 46.0 Å². The van der Waals surface area contributed by atoms with Crippen molar-refractivity contribution < 1.29 is 9.47 Å². The minimum Gasteiger partial charge on any atom is -0.381 e. The van der Waals surface area contributed by atoms with Crippen molar-refractivity contribution in [3.8, 4) is 0 Å². The molecule has 2 aromatic rings. The molecule has 1 heterocycles. The van der Waals surface area contributed by atoms with Crippen LogP contribution in [0.5, 0.6) is 0 Å². The van der Waals surface area contributed by atoms with Crippen LogP contribution in [-0.2, 0) is 9.47 Å². The monoisotopic (exact) mass is 511 g/mol. The molecular formula is C23H34IN3O2. The second-order valence-electron chi connectivity index (χ2n) is 7.46. The molecule has 0 bridgehead atoms. The molecule has 160 valence electrons. The summed E-state index contributed by atoms with van der Waals surface area (Å²) in [4.78, 5) is 4.35. The predicted molar refractivity (Wildman–Crippen MR) is 131 cm³/mol. The summed E-state index contributed by atoms with van der Waals surface area (Å²) in [6.07, 6.45) is 3.22. The standard InChI is InChI=1S/C23H33N3O2.HI/c1-18(21-9-8-20-6-3-4-7-22(20)16-21)26-23(24-2)25-12-5-13-28-17-19-10-14-27-15-11-19;/h3-4,6-9,16,18-19H,5,10-15,17H2,1-2H3,(H2,24,25,26);1H. The van der Waals surface area contributed by atoms with E-state index in [2.05, 4.69) is 65.0 Å². The van der Waals surface area contributed by atoms with E-state index < -0.39 is 0 Å². The number of nitrogens with zero attached hydrogens (tertiary/aromatic N) is 1. The molecule has 0 saturated carbocycles. The Balaban J connectivity index is 0.00000300. The minimum atomic E-state index is 0. The first kappa shape index (κ1) is 23.9. The summed E-state index contributed by atoms with van der Waals surface area (Å²) in [6.45, 7) is 6.41. The van der Waals surface area contributed by atoms with Crippen molar-refractivity contribution in [2.75, 3.05) is 40.0 Å². The molecular weight excluding hydrogens is 477 g/mol. The fraction of sp³-hybridized carbons (Fsp3) is 0.522. The third-order valence-corrected chi connectivity index (χ3v) is 5.30. The van der Waals surface area contributed by atoms with Crippen molar-refractivity contribution in [2.24, 2.45) is 10.9 Å². The van der Waals surface area contributed by atoms with E-state index in [4.69, 9.17) is 9.47 Å². The number of hydrogen-bond acceptors (Lipinski definition) is 3. The molecule has 1 atom stereocenters. The van der Waals surface area contributed by atoms with E-state index in [-0.39, 0.29) is 30.0 Å². The van der Waals surface area contributed by atoms with Gasteiger partial charge in [0.15, 0.2) is 5.96 Å². The van der Waals surface area contributed by atoms with Crippen LogP contribution in [0.15, 0.2) is 47.5 Å². The Labute approximate surface area is 191 Å². The smallest absolute Gasteiger partial charge is 0.191 e. The number of halogens is 1. The zero-order valence-corrected chi connectivity index (χ0v) is 19.9. The molecule has 5 nitrogen and oxygen atoms in total. The van der Waals surface area contributed by atoms with Crippen LogP contribution in [0.4, 0.5) is 0 Å². The first-order valence-corrected chi connectivity index (χ1v) is 10.4. The number of rotatable bonds is 8. The number of benzene rings is 2. The summed E-state index contributed by atoms with van der Waals surface area (Å²) >= 11 is 0. The van der Waals surface area contributed by atoms with E-state index >= 15 is 0 Å². The van der Waals surface area contributed by atoms with E-state index in [9.17, 15) is 0 Å². The van der Waals surface area contributed by atoms with E-state index in [1.54, 1.807) is 0 Å². The number of fused-ring (bicyclic) bond motifs is 1. The van der Waals surface area contributed by atoms with Crippen LogP contribution >= 0.6 is 24.0 Å². The van der Waals surface area contributed by atoms with Crippen molar-refractivity contribution in [3.63, 3.8) is 0 Å². The number of ether oxygens (including phenoxy) is 2. The van der Waals surface area contributed by atoms with Crippen LogP contribution in [0, 0.1) is 5.92 Å². The van der Waals surface area contributed by atoms with E-state index in [0.717, 1.165) is 58.2 Å². The highest BCUT2D eigenvalue weighted by molar-refractivity contribution is 14.0. The summed E-state index contributed by atoms with van der Waals surface area (Å²) < 4.78 is 11.2. The zero-order chi connectivity index (χ0) is 19.6. The largest absolute Gasteiger partial charge is 0.381 e. The van der Waals surface area contributed by atoms with Gasteiger partial charge in [0.05, 0.1) is 6.04 Å². The maximum absolute atomic E-state index is 5.82. The molecule has 2 aromatic carbocycles. The maximum Gasteiger partial charge on any atom is 0.191 e. The molecule has 6 heteroatoms. The van der Waals surface area contributed by atoms with Gasteiger partial charge in [0, 0.05) is 40.0 Å². The van der Waals surface area contributed by atoms with Crippen LogP contribution in [0.1, 0.15) is 37.8 Å². The average Bonchev–Trinajstić information content (AvgIpc) is 2.75. The van der Waals surface area contributed by atoms with Gasteiger partial charge in [-0.1, -0.05) is 36.4 Å². The van der Waals surface area contributed by atoms with Gasteiger partial charge in [0.2, 0.25) is 0 Å². The van der Waals surface area contributed by atoms with E-state index in [1.807, 2.05) is 7.05 Å². The van der Waals surface area contributed by atoms with Crippen LogP contribution < -0.4 is 10.6 Å². The third kappa shape index (κ3) is 7.75. The highest BCUT2D eigenvalue weighted by atomic mass is 127. The van der Waals surface area contributed by atoms with Crippen molar-refractivity contribution in [1.29, 1.82) is 0 Å². The Bertz CT molecular complexity index is 763. The normalized spacial score (nSPS) is 16.3. The molecule has 0 spiro atoms. The van der Waals surface area contributed by atoms with E-state index in [0.29, 0.717) is 5.92 Å². The molecule has 29 heavy (non-hydrogen) atoms. The Hall–Kier alpha value is -1.38. The quantitative estimate of drug-likeness (QED) is 0.237. The topological polar surface area (TPSA) is 54.9 Å². The highest BCUT2D eigenvalue weighted by Gasteiger charge is 2.13. The molecule has 0 aliphatic carbocycles. The van der Waals surface area contributed by atoms with Gasteiger partial charge in [0.1, 0.15) is 0 Å². The lowest BCUT2D eigenvalue weighted by atomic mass is 10.0. The minimum absolute atomic E-state index is 0. The van der Waals surface area contributed by atoms with Crippen molar-refractivity contribution in [3.05, 3.63) is 48.0 Å². The second-order valence-corrected chi connectivity index (χ2v) is 7.46. The van der Waals surface area contributed by atoms with Crippen LogP contribution in [0.25, 0.3) is 10.8 Å². The number of nitrogens with one attached hydrogen (secondary N) is 2. The second kappa shape index (κ2) is 13.0. The molecule has 0 aromatic heterocycles. The third-order valence-electron chi connectivity index (χ3n) is 5.30. The van der Waals surface area contributed by atoms with Gasteiger partial charge < -0.3 is 20.1 Å². The molecule has 1 fully saturated rings. The Morgan fingerprint density at radius 3 is 2.69 bits per heavy atom. The molecule has 1 saturated heterocycles. The SMILES string of the molecule is CN=C(NCCCOCC1CCOCC1)NC(C)c1ccc2ccccc2c1.I. The van der Waals surface area contributed by atoms with Crippen molar-refractivity contribution >= 4 is 40.7 Å². The number of aliphatic imine (C=N–C) groups is 1. The van der Waals surface area contributed by atoms with Gasteiger partial charge in [-0.05, 0) is 54.5 Å². The van der Waals surface area contributed by atoms with Crippen LogP contribution in [0.3, 0.4) is 0 Å². The fourth-order valence-corrected chi connectivity index (χ4v) is 3.50. The van der Waals surface area contributed by atoms with Gasteiger partial charge in [-0.3, -0.25) is 4.99 Å². The Morgan fingerprint density at radius 1 is 1.17 bits per heavy atom. The van der Waals surface area contributed by atoms with Crippen LogP contribution in [0.2, 0.25) is 0 Å². The highest BCUT2D eigenvalue weighted by Crippen LogP contribution is 2.20. The number of guanidine groups is 1. The van der Waals surface area contributed by atoms with Gasteiger partial charge in [-0.2, -0.15) is 0 Å². The molecule has 1 aliphatic heterocycles. The molecule has 0 radical (unpaired) electrons. The van der Waals surface area contributed by atoms with Gasteiger partial charge in [-0.15, -0.1) is 24.0 Å². The Morgan fingerprint density at radius 2 is 1.93 bits per heavy atom. The maximum atomic E-state index is 5.82. The lowest BCUT2D eigenvalue weighted by molar-refractivity contribution is 0.0203. The van der Waals surface area contributed by atoms with E-state index in [1.165, 1.54) is 16.3 Å². The first-order chi connectivity index (χ1) is 13.8. The lowest BCUT2D eigenvalue weighted by Gasteiger charge is -2.22. The molecule has 1 aliphatic rings. The molecule has 3 rings (SSSR count). The molecule has 0 amide bonds. The van der Waals surface area contributed by atoms with Gasteiger partial charge in [-0.25, -0.2) is 0 Å². The van der Waals surface area contributed by atoms with Crippen molar-refractivity contribution in [1.82, 2.24) is 10.6 Å². The Kier molecular flexibility index (Phi) is 10.7. The average molecular weight is 511 g/mol. The first-order valence-electron chi connectivity index (χ1n) is 10.4. The van der Waals surface area contributed by atoms with Crippen molar-refractivity contribution in [2.45, 2.75) is 32.2 Å². The number of hydrogen-bond donors (Lipinski definition) is 2. The summed E-state index contributed by atoms with van der Waals surface area (Å²) in [7, 11) is 1.81. The molecule has 1 unspecified atom stereocenters. The summed E-state index contributed by atoms with van der Waals surface area (Å²) in [5, 5.41) is 9.39.